The SMILES string of the molecule is CS(=O)(=O)c1ccc(CC(=O)Nc2nc3ccc(Br)cc3s2)cc1. The van der Waals surface area contributed by atoms with Crippen LogP contribution in [0, 0.1) is 0 Å². The minimum absolute atomic E-state index is 0.156. The highest BCUT2D eigenvalue weighted by molar-refractivity contribution is 9.10. The highest BCUT2D eigenvalue weighted by Crippen LogP contribution is 2.28. The topological polar surface area (TPSA) is 76.1 Å². The van der Waals surface area contributed by atoms with E-state index >= 15 is 0 Å². The van der Waals surface area contributed by atoms with E-state index in [2.05, 4.69) is 26.2 Å². The molecule has 0 aliphatic heterocycles. The first-order valence-corrected chi connectivity index (χ1v) is 10.5. The van der Waals surface area contributed by atoms with Crippen LogP contribution in [-0.4, -0.2) is 25.6 Å². The second kappa shape index (κ2) is 6.62. The summed E-state index contributed by atoms with van der Waals surface area (Å²) in [5.74, 6) is -0.194. The molecule has 1 aromatic heterocycles. The van der Waals surface area contributed by atoms with Crippen molar-refractivity contribution in [2.45, 2.75) is 11.3 Å². The molecule has 3 aromatic rings. The van der Waals surface area contributed by atoms with Gasteiger partial charge in [-0.3, -0.25) is 4.79 Å². The minimum atomic E-state index is -3.23. The Morgan fingerprint density at radius 1 is 1.21 bits per heavy atom. The number of benzene rings is 2. The number of thiazole rings is 1. The number of rotatable bonds is 4. The Hall–Kier alpha value is -1.77. The van der Waals surface area contributed by atoms with Crippen LogP contribution in [0.4, 0.5) is 5.13 Å². The molecule has 8 heteroatoms. The van der Waals surface area contributed by atoms with Crippen LogP contribution in [0.3, 0.4) is 0 Å². The highest BCUT2D eigenvalue weighted by Gasteiger charge is 2.10. The van der Waals surface area contributed by atoms with Crippen LogP contribution in [0.2, 0.25) is 0 Å². The summed E-state index contributed by atoms with van der Waals surface area (Å²) in [7, 11) is -3.23. The van der Waals surface area contributed by atoms with Crippen LogP contribution >= 0.6 is 27.3 Å². The van der Waals surface area contributed by atoms with E-state index in [1.165, 1.54) is 23.5 Å². The van der Waals surface area contributed by atoms with Gasteiger partial charge in [0.2, 0.25) is 5.91 Å². The number of carbonyl (C=O) groups excluding carboxylic acids is 1. The number of anilines is 1. The summed E-state index contributed by atoms with van der Waals surface area (Å²) in [6.45, 7) is 0. The molecule has 3 rings (SSSR count). The van der Waals surface area contributed by atoms with Gasteiger partial charge < -0.3 is 5.32 Å². The summed E-state index contributed by atoms with van der Waals surface area (Å²) >= 11 is 4.81. The van der Waals surface area contributed by atoms with Crippen molar-refractivity contribution in [2.75, 3.05) is 11.6 Å². The predicted molar refractivity (Wildman–Crippen MR) is 99.2 cm³/mol. The third-order valence-corrected chi connectivity index (χ3v) is 5.87. The van der Waals surface area contributed by atoms with Crippen molar-refractivity contribution in [2.24, 2.45) is 0 Å². The Kier molecular flexibility index (Phi) is 4.71. The lowest BCUT2D eigenvalue weighted by atomic mass is 10.1. The number of hydrogen-bond donors (Lipinski definition) is 1. The quantitative estimate of drug-likeness (QED) is 0.693. The van der Waals surface area contributed by atoms with E-state index in [1.807, 2.05) is 18.2 Å². The van der Waals surface area contributed by atoms with Crippen LogP contribution in [0.5, 0.6) is 0 Å². The highest BCUT2D eigenvalue weighted by atomic mass is 79.9. The lowest BCUT2D eigenvalue weighted by molar-refractivity contribution is -0.115. The third kappa shape index (κ3) is 4.00. The molecule has 0 unspecified atom stereocenters. The maximum atomic E-state index is 12.1. The minimum Gasteiger partial charge on any atom is -0.302 e. The molecule has 1 heterocycles. The van der Waals surface area contributed by atoms with Crippen LogP contribution in [0.1, 0.15) is 5.56 Å². The zero-order valence-electron chi connectivity index (χ0n) is 12.6. The van der Waals surface area contributed by atoms with E-state index in [9.17, 15) is 13.2 Å². The number of sulfone groups is 1. The summed E-state index contributed by atoms with van der Waals surface area (Å²) in [4.78, 5) is 16.7. The van der Waals surface area contributed by atoms with E-state index < -0.39 is 9.84 Å². The first-order chi connectivity index (χ1) is 11.3. The van der Waals surface area contributed by atoms with Gasteiger partial charge in [-0.25, -0.2) is 13.4 Å². The fourth-order valence-electron chi connectivity index (χ4n) is 2.16. The Balaban J connectivity index is 1.70. The molecule has 0 bridgehead atoms. The first kappa shape index (κ1) is 17.1. The zero-order valence-corrected chi connectivity index (χ0v) is 15.8. The van der Waals surface area contributed by atoms with Crippen LogP contribution in [-0.2, 0) is 21.1 Å². The van der Waals surface area contributed by atoms with Crippen molar-refractivity contribution in [1.82, 2.24) is 4.98 Å². The van der Waals surface area contributed by atoms with Crippen molar-refractivity contribution in [3.05, 3.63) is 52.5 Å². The Morgan fingerprint density at radius 2 is 1.92 bits per heavy atom. The van der Waals surface area contributed by atoms with Gasteiger partial charge >= 0.3 is 0 Å². The van der Waals surface area contributed by atoms with Crippen molar-refractivity contribution >= 4 is 58.4 Å². The number of carbonyl (C=O) groups is 1. The molecular weight excluding hydrogens is 412 g/mol. The van der Waals surface area contributed by atoms with E-state index in [-0.39, 0.29) is 17.2 Å². The monoisotopic (exact) mass is 424 g/mol. The van der Waals surface area contributed by atoms with Gasteiger partial charge in [-0.2, -0.15) is 0 Å². The molecule has 0 saturated carbocycles. The molecule has 0 saturated heterocycles. The molecule has 1 amide bonds. The number of nitrogens with one attached hydrogen (secondary N) is 1. The smallest absolute Gasteiger partial charge is 0.230 e. The van der Waals surface area contributed by atoms with Crippen molar-refractivity contribution in [3.8, 4) is 0 Å². The molecule has 1 N–H and O–H groups in total. The maximum absolute atomic E-state index is 12.1. The molecular formula is C16H13BrN2O3S2. The van der Waals surface area contributed by atoms with Crippen LogP contribution in [0.15, 0.2) is 51.8 Å². The van der Waals surface area contributed by atoms with E-state index in [0.29, 0.717) is 5.13 Å². The number of aromatic nitrogens is 1. The van der Waals surface area contributed by atoms with Crippen molar-refractivity contribution in [1.29, 1.82) is 0 Å². The number of amides is 1. The average molecular weight is 425 g/mol. The second-order valence-corrected chi connectivity index (χ2v) is 9.23. The zero-order chi connectivity index (χ0) is 17.3. The van der Waals surface area contributed by atoms with Gasteiger partial charge in [0.25, 0.3) is 0 Å². The van der Waals surface area contributed by atoms with Crippen LogP contribution < -0.4 is 5.32 Å². The molecule has 0 spiro atoms. The number of nitrogens with zero attached hydrogens (tertiary/aromatic N) is 1. The lowest BCUT2D eigenvalue weighted by Crippen LogP contribution is -2.14. The van der Waals surface area contributed by atoms with Gasteiger partial charge in [0, 0.05) is 10.7 Å². The second-order valence-electron chi connectivity index (χ2n) is 5.27. The summed E-state index contributed by atoms with van der Waals surface area (Å²) < 4.78 is 24.8. The molecule has 2 aromatic carbocycles. The molecule has 0 aliphatic rings. The van der Waals surface area contributed by atoms with Gasteiger partial charge in [0.05, 0.1) is 21.5 Å². The Morgan fingerprint density at radius 3 is 2.58 bits per heavy atom. The molecule has 0 radical (unpaired) electrons. The maximum Gasteiger partial charge on any atom is 0.230 e. The molecule has 0 fully saturated rings. The number of halogens is 1. The van der Waals surface area contributed by atoms with Gasteiger partial charge in [0.15, 0.2) is 15.0 Å². The first-order valence-electron chi connectivity index (χ1n) is 6.96. The third-order valence-electron chi connectivity index (χ3n) is 3.31. The van der Waals surface area contributed by atoms with Gasteiger partial charge in [0.1, 0.15) is 0 Å². The van der Waals surface area contributed by atoms with E-state index in [4.69, 9.17) is 0 Å². The van der Waals surface area contributed by atoms with E-state index in [1.54, 1.807) is 12.1 Å². The predicted octanol–water partition coefficient (Wildman–Crippen LogP) is 3.64. The molecule has 0 atom stereocenters. The number of fused-ring (bicyclic) bond motifs is 1. The van der Waals surface area contributed by atoms with Gasteiger partial charge in [-0.05, 0) is 35.9 Å². The normalized spacial score (nSPS) is 11.6. The summed E-state index contributed by atoms with van der Waals surface area (Å²) in [6.07, 6.45) is 1.31. The lowest BCUT2D eigenvalue weighted by Gasteiger charge is -2.03. The summed E-state index contributed by atoms with van der Waals surface area (Å²) in [5, 5.41) is 3.32. The van der Waals surface area contributed by atoms with Gasteiger partial charge in [-0.15, -0.1) is 0 Å². The van der Waals surface area contributed by atoms with Crippen molar-refractivity contribution in [3.63, 3.8) is 0 Å². The summed E-state index contributed by atoms with van der Waals surface area (Å²) in [6, 6.07) is 12.0. The van der Waals surface area contributed by atoms with Gasteiger partial charge in [-0.1, -0.05) is 39.4 Å². The Bertz CT molecular complexity index is 1010. The largest absolute Gasteiger partial charge is 0.302 e. The number of hydrogen-bond acceptors (Lipinski definition) is 5. The standard InChI is InChI=1S/C16H13BrN2O3S2/c1-24(21,22)12-5-2-10(3-6-12)8-15(20)19-16-18-13-7-4-11(17)9-14(13)23-16/h2-7,9H,8H2,1H3,(H,18,19,20). The fourth-order valence-corrected chi connectivity index (χ4v) is 4.22. The Labute approximate surface area is 151 Å². The average Bonchev–Trinajstić information content (AvgIpc) is 2.87. The molecule has 0 aliphatic carbocycles. The summed E-state index contributed by atoms with van der Waals surface area (Å²) in [5.41, 5.74) is 1.57. The molecule has 5 nitrogen and oxygen atoms in total. The van der Waals surface area contributed by atoms with Crippen LogP contribution in [0.25, 0.3) is 10.2 Å². The molecule has 124 valence electrons. The van der Waals surface area contributed by atoms with Crippen molar-refractivity contribution < 1.29 is 13.2 Å². The van der Waals surface area contributed by atoms with E-state index in [0.717, 1.165) is 26.5 Å². The fraction of sp³-hybridized carbons (Fsp3) is 0.125. The molecule has 24 heavy (non-hydrogen) atoms.